The predicted octanol–water partition coefficient (Wildman–Crippen LogP) is 2.78. The summed E-state index contributed by atoms with van der Waals surface area (Å²) in [7, 11) is 4.09. The molecule has 0 bridgehead atoms. The summed E-state index contributed by atoms with van der Waals surface area (Å²) in [5.41, 5.74) is 0.939. The molecular formula is C17H22BrN5O. The number of benzene rings is 1. The van der Waals surface area contributed by atoms with Gasteiger partial charge in [0.15, 0.2) is 5.82 Å². The van der Waals surface area contributed by atoms with Crippen LogP contribution in [0.25, 0.3) is 0 Å². The lowest BCUT2D eigenvalue weighted by Crippen LogP contribution is -2.17. The summed E-state index contributed by atoms with van der Waals surface area (Å²) in [4.78, 5) is 14.2. The molecule has 0 aliphatic carbocycles. The largest absolute Gasteiger partial charge is 0.369 e. The van der Waals surface area contributed by atoms with Crippen LogP contribution in [0.1, 0.15) is 12.0 Å². The summed E-state index contributed by atoms with van der Waals surface area (Å²) >= 11 is 3.40. The van der Waals surface area contributed by atoms with Crippen LogP contribution in [0.3, 0.4) is 0 Å². The van der Waals surface area contributed by atoms with Gasteiger partial charge in [-0.3, -0.25) is 4.79 Å². The Balaban J connectivity index is 1.79. The van der Waals surface area contributed by atoms with Crippen LogP contribution in [-0.2, 0) is 11.2 Å². The number of halogens is 1. The number of amides is 1. The van der Waals surface area contributed by atoms with Crippen molar-refractivity contribution in [3.05, 3.63) is 46.4 Å². The first kappa shape index (κ1) is 18.4. The van der Waals surface area contributed by atoms with Gasteiger partial charge in [0.1, 0.15) is 5.82 Å². The maximum absolute atomic E-state index is 12.0. The van der Waals surface area contributed by atoms with Crippen molar-refractivity contribution in [1.29, 1.82) is 0 Å². The molecule has 2 aromatic rings. The monoisotopic (exact) mass is 391 g/mol. The van der Waals surface area contributed by atoms with Crippen LogP contribution >= 0.6 is 15.9 Å². The summed E-state index contributed by atoms with van der Waals surface area (Å²) in [5.74, 6) is 1.04. The molecule has 0 aliphatic heterocycles. The van der Waals surface area contributed by atoms with E-state index in [1.54, 1.807) is 6.07 Å². The molecule has 128 valence electrons. The highest BCUT2D eigenvalue weighted by Crippen LogP contribution is 2.13. The van der Waals surface area contributed by atoms with Crippen LogP contribution in [-0.4, -0.2) is 48.2 Å². The minimum absolute atomic E-state index is 0.117. The molecule has 0 spiro atoms. The standard InChI is InChI=1S/C17H22BrN5O/c1-23(2)10-4-9-19-15-7-8-16(22-21-15)20-17(24)12-13-5-3-6-14(18)11-13/h3,5-8,11H,4,9-10,12H2,1-2H3,(H,19,21)(H,20,22,24). The fraction of sp³-hybridized carbons (Fsp3) is 0.353. The smallest absolute Gasteiger partial charge is 0.229 e. The van der Waals surface area contributed by atoms with E-state index < -0.39 is 0 Å². The second kappa shape index (κ2) is 9.34. The Morgan fingerprint density at radius 2 is 1.92 bits per heavy atom. The zero-order valence-corrected chi connectivity index (χ0v) is 15.5. The van der Waals surface area contributed by atoms with E-state index in [4.69, 9.17) is 0 Å². The van der Waals surface area contributed by atoms with Crippen molar-refractivity contribution in [2.24, 2.45) is 0 Å². The van der Waals surface area contributed by atoms with Crippen molar-refractivity contribution in [1.82, 2.24) is 15.1 Å². The lowest BCUT2D eigenvalue weighted by molar-refractivity contribution is -0.115. The fourth-order valence-electron chi connectivity index (χ4n) is 2.12. The van der Waals surface area contributed by atoms with Gasteiger partial charge in [-0.2, -0.15) is 0 Å². The maximum atomic E-state index is 12.0. The van der Waals surface area contributed by atoms with Gasteiger partial charge in [0.25, 0.3) is 0 Å². The molecule has 0 saturated heterocycles. The third kappa shape index (κ3) is 6.64. The summed E-state index contributed by atoms with van der Waals surface area (Å²) in [6.07, 6.45) is 1.32. The van der Waals surface area contributed by atoms with Gasteiger partial charge in [0, 0.05) is 11.0 Å². The highest BCUT2D eigenvalue weighted by molar-refractivity contribution is 9.10. The zero-order chi connectivity index (χ0) is 17.4. The van der Waals surface area contributed by atoms with Gasteiger partial charge in [-0.25, -0.2) is 0 Å². The molecule has 1 heterocycles. The fourth-order valence-corrected chi connectivity index (χ4v) is 2.57. The van der Waals surface area contributed by atoms with Crippen LogP contribution < -0.4 is 10.6 Å². The molecule has 2 rings (SSSR count). The Hall–Kier alpha value is -1.99. The van der Waals surface area contributed by atoms with E-state index in [0.29, 0.717) is 18.1 Å². The molecule has 2 N–H and O–H groups in total. The third-order valence-electron chi connectivity index (χ3n) is 3.27. The van der Waals surface area contributed by atoms with Crippen molar-refractivity contribution in [2.75, 3.05) is 37.8 Å². The van der Waals surface area contributed by atoms with E-state index in [-0.39, 0.29) is 5.91 Å². The predicted molar refractivity (Wildman–Crippen MR) is 100 cm³/mol. The minimum atomic E-state index is -0.117. The van der Waals surface area contributed by atoms with Gasteiger partial charge < -0.3 is 15.5 Å². The van der Waals surface area contributed by atoms with Crippen LogP contribution in [0.15, 0.2) is 40.9 Å². The summed E-state index contributed by atoms with van der Waals surface area (Å²) in [6, 6.07) is 11.2. The number of nitrogens with zero attached hydrogens (tertiary/aromatic N) is 3. The second-order valence-corrected chi connectivity index (χ2v) is 6.66. The topological polar surface area (TPSA) is 70.2 Å². The van der Waals surface area contributed by atoms with Crippen molar-refractivity contribution in [3.63, 3.8) is 0 Å². The maximum Gasteiger partial charge on any atom is 0.229 e. The van der Waals surface area contributed by atoms with Gasteiger partial charge in [-0.15, -0.1) is 10.2 Å². The number of carbonyl (C=O) groups is 1. The molecule has 1 aromatic heterocycles. The normalized spacial score (nSPS) is 10.7. The molecule has 0 radical (unpaired) electrons. The molecule has 7 heteroatoms. The van der Waals surface area contributed by atoms with E-state index in [2.05, 4.69) is 41.7 Å². The van der Waals surface area contributed by atoms with Gasteiger partial charge in [-0.05, 0) is 56.9 Å². The highest BCUT2D eigenvalue weighted by Gasteiger charge is 2.06. The van der Waals surface area contributed by atoms with Crippen LogP contribution in [0.5, 0.6) is 0 Å². The van der Waals surface area contributed by atoms with Gasteiger partial charge in [0.2, 0.25) is 5.91 Å². The number of anilines is 2. The Bertz CT molecular complexity index is 660. The van der Waals surface area contributed by atoms with Crippen molar-refractivity contribution in [3.8, 4) is 0 Å². The number of hydrogen-bond donors (Lipinski definition) is 2. The minimum Gasteiger partial charge on any atom is -0.369 e. The number of rotatable bonds is 8. The van der Waals surface area contributed by atoms with Crippen LogP contribution in [0.2, 0.25) is 0 Å². The highest BCUT2D eigenvalue weighted by atomic mass is 79.9. The zero-order valence-electron chi connectivity index (χ0n) is 13.9. The molecule has 0 fully saturated rings. The molecule has 0 atom stereocenters. The molecule has 1 amide bonds. The van der Waals surface area contributed by atoms with E-state index in [1.807, 2.05) is 44.4 Å². The first-order chi connectivity index (χ1) is 11.5. The molecular weight excluding hydrogens is 370 g/mol. The van der Waals surface area contributed by atoms with E-state index >= 15 is 0 Å². The Kier molecular flexibility index (Phi) is 7.14. The molecule has 1 aromatic carbocycles. The molecule has 0 saturated carbocycles. The summed E-state index contributed by atoms with van der Waals surface area (Å²) in [5, 5.41) is 14.1. The van der Waals surface area contributed by atoms with Crippen molar-refractivity contribution in [2.45, 2.75) is 12.8 Å². The Morgan fingerprint density at radius 1 is 1.17 bits per heavy atom. The first-order valence-corrected chi connectivity index (χ1v) is 8.59. The van der Waals surface area contributed by atoms with Gasteiger partial charge in [-0.1, -0.05) is 28.1 Å². The SMILES string of the molecule is CN(C)CCCNc1ccc(NC(=O)Cc2cccc(Br)c2)nn1. The van der Waals surface area contributed by atoms with Gasteiger partial charge >= 0.3 is 0 Å². The first-order valence-electron chi connectivity index (χ1n) is 7.79. The van der Waals surface area contributed by atoms with Crippen LogP contribution in [0.4, 0.5) is 11.6 Å². The molecule has 0 unspecified atom stereocenters. The number of carbonyl (C=O) groups excluding carboxylic acids is 1. The molecule has 0 aliphatic rings. The van der Waals surface area contributed by atoms with Crippen molar-refractivity contribution >= 4 is 33.5 Å². The van der Waals surface area contributed by atoms with Gasteiger partial charge in [0.05, 0.1) is 6.42 Å². The van der Waals surface area contributed by atoms with Crippen LogP contribution in [0, 0.1) is 0 Å². The molecule has 6 nitrogen and oxygen atoms in total. The number of aromatic nitrogens is 2. The number of nitrogens with one attached hydrogen (secondary N) is 2. The summed E-state index contributed by atoms with van der Waals surface area (Å²) < 4.78 is 0.956. The Labute approximate surface area is 150 Å². The molecule has 24 heavy (non-hydrogen) atoms. The average Bonchev–Trinajstić information content (AvgIpc) is 2.53. The van der Waals surface area contributed by atoms with E-state index in [9.17, 15) is 4.79 Å². The lowest BCUT2D eigenvalue weighted by Gasteiger charge is -2.10. The quantitative estimate of drug-likeness (QED) is 0.677. The Morgan fingerprint density at radius 3 is 2.58 bits per heavy atom. The lowest BCUT2D eigenvalue weighted by atomic mass is 10.1. The second-order valence-electron chi connectivity index (χ2n) is 5.74. The third-order valence-corrected chi connectivity index (χ3v) is 3.77. The van der Waals surface area contributed by atoms with E-state index in [1.165, 1.54) is 0 Å². The average molecular weight is 392 g/mol. The summed E-state index contributed by atoms with van der Waals surface area (Å²) in [6.45, 7) is 1.85. The van der Waals surface area contributed by atoms with E-state index in [0.717, 1.165) is 29.5 Å². The number of hydrogen-bond acceptors (Lipinski definition) is 5. The van der Waals surface area contributed by atoms with Crippen molar-refractivity contribution < 1.29 is 4.79 Å².